The predicted molar refractivity (Wildman–Crippen MR) is 66.4 cm³/mol. The maximum atomic E-state index is 3.60. The van der Waals surface area contributed by atoms with Gasteiger partial charge in [-0.1, -0.05) is 38.8 Å². The Morgan fingerprint density at radius 2 is 2.14 bits per heavy atom. The Bertz CT molecular complexity index is 338. The van der Waals surface area contributed by atoms with E-state index in [1.807, 2.05) is 0 Å². The zero-order chi connectivity index (χ0) is 10.1. The summed E-state index contributed by atoms with van der Waals surface area (Å²) in [5, 5.41) is 3.54. The van der Waals surface area contributed by atoms with Crippen LogP contribution in [0.25, 0.3) is 0 Å². The molecule has 1 fully saturated rings. The summed E-state index contributed by atoms with van der Waals surface area (Å²) in [6.45, 7) is 3.42. The van der Waals surface area contributed by atoms with Crippen molar-refractivity contribution in [2.45, 2.75) is 19.4 Å². The number of hydrogen-bond acceptors (Lipinski definition) is 1. The van der Waals surface area contributed by atoms with Crippen molar-refractivity contribution in [1.29, 1.82) is 0 Å². The predicted octanol–water partition coefficient (Wildman–Crippen LogP) is 3.88. The van der Waals surface area contributed by atoms with Gasteiger partial charge in [0.05, 0.1) is 0 Å². The molecule has 2 rings (SSSR count). The average molecular weight is 319 g/mol. The Hall–Kier alpha value is 0.140. The van der Waals surface area contributed by atoms with Crippen LogP contribution in [0.2, 0.25) is 0 Å². The summed E-state index contributed by atoms with van der Waals surface area (Å²) in [4.78, 5) is 0. The van der Waals surface area contributed by atoms with Crippen molar-refractivity contribution in [2.24, 2.45) is 5.92 Å². The normalized spacial score (nSPS) is 26.8. The molecule has 1 saturated heterocycles. The minimum atomic E-state index is 0.511. The van der Waals surface area contributed by atoms with Crippen molar-refractivity contribution in [3.05, 3.63) is 32.7 Å². The second kappa shape index (κ2) is 4.33. The number of rotatable bonds is 1. The number of halogens is 2. The van der Waals surface area contributed by atoms with E-state index in [0.717, 1.165) is 16.9 Å². The van der Waals surface area contributed by atoms with Gasteiger partial charge in [0.1, 0.15) is 0 Å². The first-order chi connectivity index (χ1) is 6.66. The van der Waals surface area contributed by atoms with E-state index in [0.29, 0.717) is 6.04 Å². The molecule has 0 radical (unpaired) electrons. The van der Waals surface area contributed by atoms with Gasteiger partial charge < -0.3 is 5.32 Å². The minimum absolute atomic E-state index is 0.511. The third-order valence-corrected chi connectivity index (χ3v) is 3.90. The molecule has 76 valence electrons. The summed E-state index contributed by atoms with van der Waals surface area (Å²) in [7, 11) is 0. The molecule has 1 N–H and O–H groups in total. The lowest BCUT2D eigenvalue weighted by Gasteiger charge is -2.13. The summed E-state index contributed by atoms with van der Waals surface area (Å²) in [5.74, 6) is 0.783. The average Bonchev–Trinajstić information content (AvgIpc) is 2.56. The van der Waals surface area contributed by atoms with Gasteiger partial charge in [0.25, 0.3) is 0 Å². The van der Waals surface area contributed by atoms with E-state index in [2.05, 4.69) is 62.3 Å². The monoisotopic (exact) mass is 317 g/mol. The van der Waals surface area contributed by atoms with Gasteiger partial charge in [-0.05, 0) is 42.6 Å². The summed E-state index contributed by atoms with van der Waals surface area (Å²) < 4.78 is 2.35. The number of nitrogens with one attached hydrogen (secondary N) is 1. The Kier molecular flexibility index (Phi) is 3.30. The van der Waals surface area contributed by atoms with Crippen LogP contribution in [0.4, 0.5) is 0 Å². The Labute approximate surface area is 102 Å². The summed E-state index contributed by atoms with van der Waals surface area (Å²) in [5.41, 5.74) is 1.36. The summed E-state index contributed by atoms with van der Waals surface area (Å²) >= 11 is 7.11. The molecule has 1 nitrogen and oxygen atoms in total. The molecule has 1 heterocycles. The van der Waals surface area contributed by atoms with Crippen molar-refractivity contribution >= 4 is 31.9 Å². The van der Waals surface area contributed by atoms with E-state index >= 15 is 0 Å². The number of hydrogen-bond donors (Lipinski definition) is 1. The van der Waals surface area contributed by atoms with Crippen LogP contribution in [0, 0.1) is 5.92 Å². The molecular formula is C11H13Br2N. The van der Waals surface area contributed by atoms with Crippen LogP contribution in [-0.4, -0.2) is 6.54 Å². The third-order valence-electron chi connectivity index (χ3n) is 2.68. The lowest BCUT2D eigenvalue weighted by Crippen LogP contribution is -2.13. The van der Waals surface area contributed by atoms with E-state index in [-0.39, 0.29) is 0 Å². The fraction of sp³-hybridized carbons (Fsp3) is 0.455. The number of benzene rings is 1. The molecule has 2 unspecified atom stereocenters. The van der Waals surface area contributed by atoms with Crippen molar-refractivity contribution in [1.82, 2.24) is 5.32 Å². The summed E-state index contributed by atoms with van der Waals surface area (Å²) in [6.07, 6.45) is 1.23. The molecule has 1 aliphatic heterocycles. The first-order valence-electron chi connectivity index (χ1n) is 4.85. The maximum absolute atomic E-state index is 3.60. The van der Waals surface area contributed by atoms with E-state index in [9.17, 15) is 0 Å². The first kappa shape index (κ1) is 10.7. The molecule has 1 aromatic rings. The van der Waals surface area contributed by atoms with Crippen LogP contribution >= 0.6 is 31.9 Å². The molecule has 2 atom stereocenters. The highest BCUT2D eigenvalue weighted by Crippen LogP contribution is 2.33. The SMILES string of the molecule is CC1CNC(c2cc(Br)ccc2Br)C1. The van der Waals surface area contributed by atoms with E-state index in [4.69, 9.17) is 0 Å². The zero-order valence-corrected chi connectivity index (χ0v) is 11.2. The Balaban J connectivity index is 2.27. The topological polar surface area (TPSA) is 12.0 Å². The fourth-order valence-corrected chi connectivity index (χ4v) is 2.83. The maximum Gasteiger partial charge on any atom is 0.0334 e. The van der Waals surface area contributed by atoms with Crippen molar-refractivity contribution in [2.75, 3.05) is 6.54 Å². The van der Waals surface area contributed by atoms with Gasteiger partial charge in [-0.3, -0.25) is 0 Å². The van der Waals surface area contributed by atoms with Crippen molar-refractivity contribution in [3.8, 4) is 0 Å². The first-order valence-corrected chi connectivity index (χ1v) is 6.43. The Morgan fingerprint density at radius 1 is 1.36 bits per heavy atom. The smallest absolute Gasteiger partial charge is 0.0334 e. The van der Waals surface area contributed by atoms with Gasteiger partial charge in [-0.15, -0.1) is 0 Å². The minimum Gasteiger partial charge on any atom is -0.310 e. The van der Waals surface area contributed by atoms with E-state index in [1.165, 1.54) is 16.5 Å². The van der Waals surface area contributed by atoms with Gasteiger partial charge in [-0.2, -0.15) is 0 Å². The molecule has 14 heavy (non-hydrogen) atoms. The molecule has 1 aromatic carbocycles. The van der Waals surface area contributed by atoms with Gasteiger partial charge in [0.2, 0.25) is 0 Å². The van der Waals surface area contributed by atoms with Gasteiger partial charge in [0, 0.05) is 15.0 Å². The van der Waals surface area contributed by atoms with Crippen molar-refractivity contribution in [3.63, 3.8) is 0 Å². The Morgan fingerprint density at radius 3 is 2.79 bits per heavy atom. The molecule has 0 aromatic heterocycles. The highest BCUT2D eigenvalue weighted by Gasteiger charge is 2.23. The molecule has 0 bridgehead atoms. The second-order valence-electron chi connectivity index (χ2n) is 3.97. The molecular weight excluding hydrogens is 306 g/mol. The highest BCUT2D eigenvalue weighted by molar-refractivity contribution is 9.11. The second-order valence-corrected chi connectivity index (χ2v) is 5.74. The van der Waals surface area contributed by atoms with Crippen LogP contribution in [0.3, 0.4) is 0 Å². The largest absolute Gasteiger partial charge is 0.310 e. The molecule has 0 saturated carbocycles. The highest BCUT2D eigenvalue weighted by atomic mass is 79.9. The van der Waals surface area contributed by atoms with E-state index in [1.54, 1.807) is 0 Å². The van der Waals surface area contributed by atoms with Gasteiger partial charge in [0.15, 0.2) is 0 Å². The van der Waals surface area contributed by atoms with Crippen molar-refractivity contribution < 1.29 is 0 Å². The van der Waals surface area contributed by atoms with Gasteiger partial charge >= 0.3 is 0 Å². The molecule has 0 aliphatic carbocycles. The lowest BCUT2D eigenvalue weighted by atomic mass is 10.0. The van der Waals surface area contributed by atoms with Crippen LogP contribution in [-0.2, 0) is 0 Å². The van der Waals surface area contributed by atoms with Crippen LogP contribution in [0.1, 0.15) is 24.9 Å². The van der Waals surface area contributed by atoms with E-state index < -0.39 is 0 Å². The van der Waals surface area contributed by atoms with Crippen LogP contribution in [0.5, 0.6) is 0 Å². The molecule has 0 amide bonds. The molecule has 0 spiro atoms. The quantitative estimate of drug-likeness (QED) is 0.828. The zero-order valence-electron chi connectivity index (χ0n) is 8.06. The van der Waals surface area contributed by atoms with Crippen LogP contribution < -0.4 is 5.32 Å². The standard InChI is InChI=1S/C11H13Br2N/c1-7-4-11(14-6-7)9-5-8(12)2-3-10(9)13/h2-3,5,7,11,14H,4,6H2,1H3. The lowest BCUT2D eigenvalue weighted by molar-refractivity contribution is 0.610. The fourth-order valence-electron chi connectivity index (χ4n) is 1.93. The third kappa shape index (κ3) is 2.20. The molecule has 3 heteroatoms. The van der Waals surface area contributed by atoms with Crippen LogP contribution in [0.15, 0.2) is 27.1 Å². The molecule has 1 aliphatic rings. The summed E-state index contributed by atoms with van der Waals surface area (Å²) in [6, 6.07) is 6.87. The van der Waals surface area contributed by atoms with Gasteiger partial charge in [-0.25, -0.2) is 0 Å².